The molecule has 5 nitrogen and oxygen atoms in total. The van der Waals surface area contributed by atoms with Crippen molar-refractivity contribution < 1.29 is 14.3 Å². The summed E-state index contributed by atoms with van der Waals surface area (Å²) in [5, 5.41) is 5.98. The van der Waals surface area contributed by atoms with Crippen LogP contribution in [-0.2, 0) is 9.59 Å². The van der Waals surface area contributed by atoms with Gasteiger partial charge in [0, 0.05) is 17.5 Å². The molecule has 0 bridgehead atoms. The van der Waals surface area contributed by atoms with E-state index in [0.29, 0.717) is 24.3 Å². The Morgan fingerprint density at radius 1 is 0.821 bits per heavy atom. The van der Waals surface area contributed by atoms with Crippen LogP contribution in [0, 0.1) is 25.7 Å². The number of benzene rings is 2. The fourth-order valence-corrected chi connectivity index (χ4v) is 3.65. The molecule has 28 heavy (non-hydrogen) atoms. The summed E-state index contributed by atoms with van der Waals surface area (Å²) in [4.78, 5) is 25.2. The predicted molar refractivity (Wildman–Crippen MR) is 112 cm³/mol. The number of hydrogen-bond donors (Lipinski definition) is 2. The number of ether oxygens (including phenoxy) is 1. The first-order valence-electron chi connectivity index (χ1n) is 9.79. The minimum atomic E-state index is -0.0753. The summed E-state index contributed by atoms with van der Waals surface area (Å²) in [7, 11) is 1.60. The molecule has 2 N–H and O–H groups in total. The van der Waals surface area contributed by atoms with E-state index in [1.54, 1.807) is 7.11 Å². The van der Waals surface area contributed by atoms with Gasteiger partial charge in [0.15, 0.2) is 0 Å². The molecule has 148 valence electrons. The minimum Gasteiger partial charge on any atom is -0.495 e. The number of carbonyl (C=O) groups is 2. The van der Waals surface area contributed by atoms with E-state index in [2.05, 4.69) is 10.6 Å². The third kappa shape index (κ3) is 4.91. The first-order chi connectivity index (χ1) is 13.5. The molecule has 0 radical (unpaired) electrons. The Kier molecular flexibility index (Phi) is 6.34. The van der Waals surface area contributed by atoms with Crippen molar-refractivity contribution in [2.75, 3.05) is 17.7 Å². The van der Waals surface area contributed by atoms with Gasteiger partial charge in [0.1, 0.15) is 5.75 Å². The second-order valence-corrected chi connectivity index (χ2v) is 7.60. The van der Waals surface area contributed by atoms with Crippen molar-refractivity contribution in [3.63, 3.8) is 0 Å². The highest BCUT2D eigenvalue weighted by Crippen LogP contribution is 2.32. The molecular weight excluding hydrogens is 352 g/mol. The van der Waals surface area contributed by atoms with E-state index in [1.165, 1.54) is 0 Å². The fourth-order valence-electron chi connectivity index (χ4n) is 3.65. The summed E-state index contributed by atoms with van der Waals surface area (Å²) in [6.45, 7) is 4.00. The van der Waals surface area contributed by atoms with Crippen LogP contribution in [0.3, 0.4) is 0 Å². The Labute approximate surface area is 166 Å². The van der Waals surface area contributed by atoms with Gasteiger partial charge in [0.25, 0.3) is 0 Å². The van der Waals surface area contributed by atoms with Crippen LogP contribution in [0.1, 0.15) is 36.8 Å². The van der Waals surface area contributed by atoms with Crippen molar-refractivity contribution >= 4 is 23.2 Å². The third-order valence-electron chi connectivity index (χ3n) is 5.40. The van der Waals surface area contributed by atoms with Crippen LogP contribution in [0.2, 0.25) is 0 Å². The van der Waals surface area contributed by atoms with Crippen LogP contribution >= 0.6 is 0 Å². The molecule has 0 aliphatic heterocycles. The molecular formula is C23H28N2O3. The molecule has 3 rings (SSSR count). The summed E-state index contributed by atoms with van der Waals surface area (Å²) >= 11 is 0. The quantitative estimate of drug-likeness (QED) is 0.790. The highest BCUT2D eigenvalue weighted by Gasteiger charge is 2.30. The van der Waals surface area contributed by atoms with Gasteiger partial charge in [0.2, 0.25) is 11.8 Å². The summed E-state index contributed by atoms with van der Waals surface area (Å²) < 4.78 is 5.33. The van der Waals surface area contributed by atoms with E-state index in [-0.39, 0.29) is 23.7 Å². The molecule has 2 aromatic rings. The lowest BCUT2D eigenvalue weighted by Gasteiger charge is -2.27. The zero-order valence-electron chi connectivity index (χ0n) is 16.7. The number of amides is 2. The van der Waals surface area contributed by atoms with Crippen LogP contribution in [0.15, 0.2) is 42.5 Å². The van der Waals surface area contributed by atoms with Gasteiger partial charge >= 0.3 is 0 Å². The maximum absolute atomic E-state index is 12.7. The van der Waals surface area contributed by atoms with Crippen molar-refractivity contribution in [1.29, 1.82) is 0 Å². The number of methoxy groups -OCH3 is 1. The number of rotatable bonds is 5. The van der Waals surface area contributed by atoms with Gasteiger partial charge in [-0.15, -0.1) is 0 Å². The average Bonchev–Trinajstić information content (AvgIpc) is 2.70. The zero-order valence-corrected chi connectivity index (χ0v) is 16.7. The topological polar surface area (TPSA) is 67.4 Å². The molecule has 5 heteroatoms. The van der Waals surface area contributed by atoms with Crippen LogP contribution in [-0.4, -0.2) is 18.9 Å². The molecule has 0 unspecified atom stereocenters. The van der Waals surface area contributed by atoms with E-state index >= 15 is 0 Å². The molecule has 1 fully saturated rings. The molecule has 0 aromatic heterocycles. The molecule has 2 amide bonds. The van der Waals surface area contributed by atoms with Gasteiger partial charge in [-0.1, -0.05) is 23.8 Å². The highest BCUT2D eigenvalue weighted by atomic mass is 16.5. The normalized spacial score (nSPS) is 19.0. The number of aryl methyl sites for hydroxylation is 2. The predicted octanol–water partition coefficient (Wildman–Crippen LogP) is 4.70. The SMILES string of the molecule is COc1ccc(C)cc1NC(=O)C1CCC(C(=O)Nc2ccc(C)cc2)CC1. The van der Waals surface area contributed by atoms with Gasteiger partial charge in [0.05, 0.1) is 12.8 Å². The molecule has 1 aliphatic rings. The monoisotopic (exact) mass is 380 g/mol. The minimum absolute atomic E-state index is 0.00120. The van der Waals surface area contributed by atoms with Gasteiger partial charge < -0.3 is 15.4 Å². The van der Waals surface area contributed by atoms with Crippen molar-refractivity contribution in [2.45, 2.75) is 39.5 Å². The first kappa shape index (κ1) is 19.9. The number of nitrogens with one attached hydrogen (secondary N) is 2. The van der Waals surface area contributed by atoms with Crippen LogP contribution in [0.25, 0.3) is 0 Å². The standard InChI is InChI=1S/C23H28N2O3/c1-15-4-11-19(12-5-15)24-22(26)17-7-9-18(10-8-17)23(27)25-20-14-16(2)6-13-21(20)28-3/h4-6,11-14,17-18H,7-10H2,1-3H3,(H,24,26)(H,25,27). The Morgan fingerprint density at radius 2 is 1.36 bits per heavy atom. The average molecular weight is 380 g/mol. The molecule has 1 saturated carbocycles. The van der Waals surface area contributed by atoms with Crippen LogP contribution in [0.4, 0.5) is 11.4 Å². The number of anilines is 2. The Bertz CT molecular complexity index is 837. The fraction of sp³-hybridized carbons (Fsp3) is 0.391. The van der Waals surface area contributed by atoms with Crippen molar-refractivity contribution in [3.05, 3.63) is 53.6 Å². The summed E-state index contributed by atoms with van der Waals surface area (Å²) in [5.41, 5.74) is 3.75. The second kappa shape index (κ2) is 8.91. The third-order valence-corrected chi connectivity index (χ3v) is 5.40. The molecule has 0 heterocycles. The van der Waals surface area contributed by atoms with E-state index in [9.17, 15) is 9.59 Å². The van der Waals surface area contributed by atoms with Gasteiger partial charge in [-0.2, -0.15) is 0 Å². The van der Waals surface area contributed by atoms with Crippen molar-refractivity contribution in [2.24, 2.45) is 11.8 Å². The van der Waals surface area contributed by atoms with Crippen molar-refractivity contribution in [3.8, 4) is 5.75 Å². The molecule has 0 spiro atoms. The van der Waals surface area contributed by atoms with Crippen molar-refractivity contribution in [1.82, 2.24) is 0 Å². The molecule has 0 saturated heterocycles. The Morgan fingerprint density at radius 3 is 1.93 bits per heavy atom. The summed E-state index contributed by atoms with van der Waals surface area (Å²) in [6.07, 6.45) is 2.87. The Hall–Kier alpha value is -2.82. The number of hydrogen-bond acceptors (Lipinski definition) is 3. The maximum Gasteiger partial charge on any atom is 0.227 e. The van der Waals surface area contributed by atoms with E-state index in [0.717, 1.165) is 29.7 Å². The lowest BCUT2D eigenvalue weighted by atomic mass is 9.81. The van der Waals surface area contributed by atoms with E-state index < -0.39 is 0 Å². The van der Waals surface area contributed by atoms with Gasteiger partial charge in [-0.25, -0.2) is 0 Å². The zero-order chi connectivity index (χ0) is 20.1. The largest absolute Gasteiger partial charge is 0.495 e. The second-order valence-electron chi connectivity index (χ2n) is 7.60. The highest BCUT2D eigenvalue weighted by molar-refractivity contribution is 5.95. The van der Waals surface area contributed by atoms with Gasteiger partial charge in [-0.05, 0) is 69.4 Å². The maximum atomic E-state index is 12.7. The van der Waals surface area contributed by atoms with E-state index in [1.807, 2.05) is 56.3 Å². The lowest BCUT2D eigenvalue weighted by Crippen LogP contribution is -2.32. The summed E-state index contributed by atoms with van der Waals surface area (Å²) in [5.74, 6) is 0.585. The Balaban J connectivity index is 1.53. The summed E-state index contributed by atoms with van der Waals surface area (Å²) in [6, 6.07) is 13.5. The molecule has 1 aliphatic carbocycles. The first-order valence-corrected chi connectivity index (χ1v) is 9.79. The van der Waals surface area contributed by atoms with E-state index in [4.69, 9.17) is 4.74 Å². The molecule has 2 aromatic carbocycles. The number of carbonyl (C=O) groups excluding carboxylic acids is 2. The molecule has 0 atom stereocenters. The van der Waals surface area contributed by atoms with Crippen LogP contribution < -0.4 is 15.4 Å². The van der Waals surface area contributed by atoms with Crippen LogP contribution in [0.5, 0.6) is 5.75 Å². The smallest absolute Gasteiger partial charge is 0.227 e. The van der Waals surface area contributed by atoms with Gasteiger partial charge in [-0.3, -0.25) is 9.59 Å². The lowest BCUT2D eigenvalue weighted by molar-refractivity contribution is -0.125.